The number of nitrogens with zero attached hydrogens (tertiary/aromatic N) is 1. The molecule has 0 saturated carbocycles. The molecule has 3 aromatic rings. The van der Waals surface area contributed by atoms with Crippen LogP contribution >= 0.6 is 38.9 Å². The Hall–Kier alpha value is -0.810. The van der Waals surface area contributed by atoms with Crippen molar-refractivity contribution in [1.29, 1.82) is 0 Å². The molecule has 0 saturated heterocycles. The van der Waals surface area contributed by atoms with Gasteiger partial charge in [0.2, 0.25) is 0 Å². The molecule has 2 nitrogen and oxygen atoms in total. The van der Waals surface area contributed by atoms with Gasteiger partial charge in [0.1, 0.15) is 0 Å². The Balaban J connectivity index is 1.59. The van der Waals surface area contributed by atoms with Crippen molar-refractivity contribution in [2.75, 3.05) is 6.54 Å². The third-order valence-electron chi connectivity index (χ3n) is 3.22. The Bertz CT molecular complexity index is 720. The highest BCUT2D eigenvalue weighted by Crippen LogP contribution is 2.24. The Morgan fingerprint density at radius 3 is 2.90 bits per heavy atom. The van der Waals surface area contributed by atoms with Crippen molar-refractivity contribution >= 4 is 49.8 Å². The molecule has 0 fully saturated rings. The molecule has 0 unspecified atom stereocenters. The summed E-state index contributed by atoms with van der Waals surface area (Å²) in [7, 11) is 0. The lowest BCUT2D eigenvalue weighted by atomic mass is 10.2. The zero-order chi connectivity index (χ0) is 13.9. The van der Waals surface area contributed by atoms with Gasteiger partial charge in [0.25, 0.3) is 0 Å². The van der Waals surface area contributed by atoms with E-state index in [9.17, 15) is 0 Å². The standard InChI is InChI=1S/C15H14BrClN2S/c16-13-2-1-3-14-12(13)6-8-19(14)9-7-18-10-11-4-5-15(17)20-11/h1-6,8,18H,7,9-10H2. The van der Waals surface area contributed by atoms with Crippen LogP contribution in [0.4, 0.5) is 0 Å². The molecule has 5 heteroatoms. The molecule has 0 bridgehead atoms. The van der Waals surface area contributed by atoms with Crippen molar-refractivity contribution in [3.8, 4) is 0 Å². The summed E-state index contributed by atoms with van der Waals surface area (Å²) in [5.74, 6) is 0. The van der Waals surface area contributed by atoms with Gasteiger partial charge in [0.05, 0.1) is 4.34 Å². The van der Waals surface area contributed by atoms with E-state index in [0.29, 0.717) is 0 Å². The number of aromatic nitrogens is 1. The Morgan fingerprint density at radius 2 is 2.10 bits per heavy atom. The van der Waals surface area contributed by atoms with Gasteiger partial charge < -0.3 is 9.88 Å². The van der Waals surface area contributed by atoms with Gasteiger partial charge in [-0.2, -0.15) is 0 Å². The van der Waals surface area contributed by atoms with Gasteiger partial charge in [-0.05, 0) is 30.3 Å². The summed E-state index contributed by atoms with van der Waals surface area (Å²) in [6.07, 6.45) is 2.14. The summed E-state index contributed by atoms with van der Waals surface area (Å²) in [4.78, 5) is 1.27. The van der Waals surface area contributed by atoms with Gasteiger partial charge in [-0.1, -0.05) is 33.6 Å². The molecule has 0 aliphatic heterocycles. The van der Waals surface area contributed by atoms with Gasteiger partial charge in [0.15, 0.2) is 0 Å². The molecule has 0 aliphatic carbocycles. The molecule has 3 rings (SSSR count). The van der Waals surface area contributed by atoms with Crippen LogP contribution in [0.2, 0.25) is 4.34 Å². The SMILES string of the molecule is Clc1ccc(CNCCn2ccc3c(Br)cccc32)s1. The van der Waals surface area contributed by atoms with Crippen LogP contribution in [0.3, 0.4) is 0 Å². The number of hydrogen-bond acceptors (Lipinski definition) is 2. The normalized spacial score (nSPS) is 11.3. The molecule has 2 aromatic heterocycles. The second-order valence-electron chi connectivity index (χ2n) is 4.56. The van der Waals surface area contributed by atoms with Crippen LogP contribution in [-0.2, 0) is 13.1 Å². The maximum atomic E-state index is 5.92. The highest BCUT2D eigenvalue weighted by atomic mass is 79.9. The molecular formula is C15H14BrClN2S. The Kier molecular flexibility index (Phi) is 4.46. The number of thiophene rings is 1. The van der Waals surface area contributed by atoms with E-state index in [2.05, 4.69) is 62.3 Å². The maximum Gasteiger partial charge on any atom is 0.0931 e. The van der Waals surface area contributed by atoms with Gasteiger partial charge in [0, 0.05) is 46.1 Å². The smallest absolute Gasteiger partial charge is 0.0931 e. The van der Waals surface area contributed by atoms with E-state index in [4.69, 9.17) is 11.6 Å². The van der Waals surface area contributed by atoms with Crippen molar-refractivity contribution in [3.05, 3.63) is 56.3 Å². The monoisotopic (exact) mass is 368 g/mol. The van der Waals surface area contributed by atoms with Crippen LogP contribution < -0.4 is 5.32 Å². The zero-order valence-electron chi connectivity index (χ0n) is 10.8. The number of nitrogens with one attached hydrogen (secondary N) is 1. The minimum Gasteiger partial charge on any atom is -0.346 e. The summed E-state index contributed by atoms with van der Waals surface area (Å²) >= 11 is 11.1. The van der Waals surface area contributed by atoms with Crippen LogP contribution in [0.5, 0.6) is 0 Å². The lowest BCUT2D eigenvalue weighted by molar-refractivity contribution is 0.613. The summed E-state index contributed by atoms with van der Waals surface area (Å²) < 4.78 is 4.27. The van der Waals surface area contributed by atoms with Crippen LogP contribution in [0.1, 0.15) is 4.88 Å². The highest BCUT2D eigenvalue weighted by Gasteiger charge is 2.03. The fourth-order valence-electron chi connectivity index (χ4n) is 2.24. The quantitative estimate of drug-likeness (QED) is 0.632. The van der Waals surface area contributed by atoms with Crippen molar-refractivity contribution in [2.45, 2.75) is 13.1 Å². The predicted octanol–water partition coefficient (Wildman–Crippen LogP) is 4.91. The fraction of sp³-hybridized carbons (Fsp3) is 0.200. The fourth-order valence-corrected chi connectivity index (χ4v) is 3.78. The van der Waals surface area contributed by atoms with E-state index in [1.54, 1.807) is 11.3 Å². The van der Waals surface area contributed by atoms with Crippen LogP contribution in [0.25, 0.3) is 10.9 Å². The first kappa shape index (κ1) is 14.1. The molecular weight excluding hydrogens is 356 g/mol. The van der Waals surface area contributed by atoms with Gasteiger partial charge in [-0.15, -0.1) is 11.3 Å². The molecule has 0 atom stereocenters. The minimum atomic E-state index is 0.850. The van der Waals surface area contributed by atoms with E-state index < -0.39 is 0 Å². The third kappa shape index (κ3) is 3.09. The van der Waals surface area contributed by atoms with E-state index >= 15 is 0 Å². The first-order valence-corrected chi connectivity index (χ1v) is 8.41. The van der Waals surface area contributed by atoms with Crippen molar-refractivity contribution < 1.29 is 0 Å². The Labute approximate surface area is 135 Å². The lowest BCUT2D eigenvalue weighted by Crippen LogP contribution is -2.18. The molecule has 0 aliphatic rings. The summed E-state index contributed by atoms with van der Waals surface area (Å²) in [5.41, 5.74) is 1.26. The van der Waals surface area contributed by atoms with E-state index in [-0.39, 0.29) is 0 Å². The van der Waals surface area contributed by atoms with Crippen LogP contribution in [-0.4, -0.2) is 11.1 Å². The molecule has 104 valence electrons. The third-order valence-corrected chi connectivity index (χ3v) is 5.14. The Morgan fingerprint density at radius 1 is 1.20 bits per heavy atom. The average molecular weight is 370 g/mol. The predicted molar refractivity (Wildman–Crippen MR) is 90.7 cm³/mol. The van der Waals surface area contributed by atoms with E-state index in [0.717, 1.165) is 28.4 Å². The maximum absolute atomic E-state index is 5.92. The molecule has 0 amide bonds. The number of halogens is 2. The van der Waals surface area contributed by atoms with Crippen molar-refractivity contribution in [3.63, 3.8) is 0 Å². The molecule has 2 heterocycles. The largest absolute Gasteiger partial charge is 0.346 e. The van der Waals surface area contributed by atoms with Gasteiger partial charge >= 0.3 is 0 Å². The number of benzene rings is 1. The molecule has 0 spiro atoms. The van der Waals surface area contributed by atoms with E-state index in [1.807, 2.05) is 6.07 Å². The van der Waals surface area contributed by atoms with Crippen LogP contribution in [0, 0.1) is 0 Å². The molecule has 20 heavy (non-hydrogen) atoms. The summed E-state index contributed by atoms with van der Waals surface area (Å²) in [6.45, 7) is 2.77. The molecule has 1 N–H and O–H groups in total. The minimum absolute atomic E-state index is 0.850. The summed E-state index contributed by atoms with van der Waals surface area (Å²) in [5, 5.41) is 4.71. The molecule has 1 aromatic carbocycles. The summed E-state index contributed by atoms with van der Waals surface area (Å²) in [6, 6.07) is 12.5. The van der Waals surface area contributed by atoms with E-state index in [1.165, 1.54) is 15.8 Å². The van der Waals surface area contributed by atoms with Gasteiger partial charge in [-0.25, -0.2) is 0 Å². The van der Waals surface area contributed by atoms with Crippen molar-refractivity contribution in [1.82, 2.24) is 9.88 Å². The number of hydrogen-bond donors (Lipinski definition) is 1. The number of fused-ring (bicyclic) bond motifs is 1. The second-order valence-corrected chi connectivity index (χ2v) is 7.22. The highest BCUT2D eigenvalue weighted by molar-refractivity contribution is 9.10. The first-order valence-electron chi connectivity index (χ1n) is 6.42. The number of rotatable bonds is 5. The lowest BCUT2D eigenvalue weighted by Gasteiger charge is -2.07. The zero-order valence-corrected chi connectivity index (χ0v) is 13.9. The van der Waals surface area contributed by atoms with Gasteiger partial charge in [-0.3, -0.25) is 0 Å². The second kappa shape index (κ2) is 6.31. The van der Waals surface area contributed by atoms with Crippen LogP contribution in [0.15, 0.2) is 47.1 Å². The topological polar surface area (TPSA) is 17.0 Å². The molecule has 0 radical (unpaired) electrons. The van der Waals surface area contributed by atoms with Crippen molar-refractivity contribution in [2.24, 2.45) is 0 Å². The first-order chi connectivity index (χ1) is 9.74. The average Bonchev–Trinajstić information content (AvgIpc) is 3.02.